The first-order valence-corrected chi connectivity index (χ1v) is 6.42. The Morgan fingerprint density at radius 1 is 1.33 bits per heavy atom. The number of primary amides is 1. The Labute approximate surface area is 108 Å². The van der Waals surface area contributed by atoms with Crippen LogP contribution in [0.3, 0.4) is 0 Å². The summed E-state index contributed by atoms with van der Waals surface area (Å²) in [4.78, 5) is 10.8. The number of para-hydroxylation sites is 1. The number of fused-ring (bicyclic) bond motifs is 1. The van der Waals surface area contributed by atoms with Crippen LogP contribution in [0.25, 0.3) is 0 Å². The predicted molar refractivity (Wildman–Crippen MR) is 73.4 cm³/mol. The van der Waals surface area contributed by atoms with Crippen molar-refractivity contribution in [1.82, 2.24) is 0 Å². The average Bonchev–Trinajstić information content (AvgIpc) is 2.50. The third-order valence-corrected chi connectivity index (χ3v) is 3.90. The molecule has 0 aliphatic carbocycles. The summed E-state index contributed by atoms with van der Waals surface area (Å²) in [7, 11) is 2.10. The highest BCUT2D eigenvalue weighted by molar-refractivity contribution is 5.95. The summed E-state index contributed by atoms with van der Waals surface area (Å²) in [5.41, 5.74) is 9.25. The second kappa shape index (κ2) is 4.56. The lowest BCUT2D eigenvalue weighted by molar-refractivity contribution is -0.404. The van der Waals surface area contributed by atoms with Gasteiger partial charge in [0.15, 0.2) is 5.71 Å². The summed E-state index contributed by atoms with van der Waals surface area (Å²) in [6, 6.07) is 8.49. The first kappa shape index (κ1) is 12.8. The summed E-state index contributed by atoms with van der Waals surface area (Å²) < 4.78 is 2.26. The summed E-state index contributed by atoms with van der Waals surface area (Å²) in [5.74, 6) is -0.216. The van der Waals surface area contributed by atoms with E-state index in [4.69, 9.17) is 5.73 Å². The second-order valence-corrected chi connectivity index (χ2v) is 5.47. The van der Waals surface area contributed by atoms with Gasteiger partial charge in [0.2, 0.25) is 11.6 Å². The molecular weight excluding hydrogens is 224 g/mol. The Hall–Kier alpha value is -1.64. The van der Waals surface area contributed by atoms with Crippen molar-refractivity contribution in [3.8, 4) is 0 Å². The van der Waals surface area contributed by atoms with Gasteiger partial charge in [-0.2, -0.15) is 0 Å². The van der Waals surface area contributed by atoms with Crippen LogP contribution in [0.15, 0.2) is 24.3 Å². The highest BCUT2D eigenvalue weighted by atomic mass is 16.1. The van der Waals surface area contributed by atoms with Crippen LogP contribution in [0.2, 0.25) is 0 Å². The van der Waals surface area contributed by atoms with Crippen LogP contribution in [0, 0.1) is 0 Å². The number of hydrogen-bond acceptors (Lipinski definition) is 1. The minimum absolute atomic E-state index is 0.0446. The van der Waals surface area contributed by atoms with Gasteiger partial charge in [0.25, 0.3) is 0 Å². The molecule has 1 aliphatic rings. The fourth-order valence-electron chi connectivity index (χ4n) is 2.93. The minimum atomic E-state index is -0.216. The number of hydrogen-bond donors (Lipinski definition) is 1. The van der Waals surface area contributed by atoms with E-state index in [0.29, 0.717) is 6.42 Å². The third kappa shape index (κ3) is 2.05. The average molecular weight is 245 g/mol. The quantitative estimate of drug-likeness (QED) is 0.813. The van der Waals surface area contributed by atoms with Crippen molar-refractivity contribution in [2.45, 2.75) is 38.5 Å². The molecule has 1 aliphatic heterocycles. The normalized spacial score (nSPS) is 16.8. The predicted octanol–water partition coefficient (Wildman–Crippen LogP) is 2.35. The monoisotopic (exact) mass is 245 g/mol. The van der Waals surface area contributed by atoms with E-state index in [-0.39, 0.29) is 11.3 Å². The molecule has 0 unspecified atom stereocenters. The number of nitrogens with two attached hydrogens (primary N) is 1. The van der Waals surface area contributed by atoms with Gasteiger partial charge in [-0.15, -0.1) is 0 Å². The number of rotatable bonds is 4. The van der Waals surface area contributed by atoms with E-state index in [2.05, 4.69) is 49.7 Å². The summed E-state index contributed by atoms with van der Waals surface area (Å²) >= 11 is 0. The minimum Gasteiger partial charge on any atom is -0.370 e. The fraction of sp³-hybridized carbons (Fsp3) is 0.467. The van der Waals surface area contributed by atoms with Crippen molar-refractivity contribution in [2.24, 2.45) is 5.73 Å². The molecule has 1 heterocycles. The van der Waals surface area contributed by atoms with Crippen molar-refractivity contribution < 1.29 is 9.37 Å². The molecule has 0 aromatic heterocycles. The molecule has 0 radical (unpaired) electrons. The fourth-order valence-corrected chi connectivity index (χ4v) is 2.93. The molecule has 3 heteroatoms. The molecule has 2 N–H and O–H groups in total. The van der Waals surface area contributed by atoms with Gasteiger partial charge in [-0.05, 0) is 20.3 Å². The van der Waals surface area contributed by atoms with Gasteiger partial charge < -0.3 is 5.73 Å². The maximum Gasteiger partial charge on any atom is 0.217 e. The number of benzene rings is 1. The maximum absolute atomic E-state index is 10.8. The molecule has 18 heavy (non-hydrogen) atoms. The molecule has 0 saturated carbocycles. The molecule has 1 amide bonds. The second-order valence-electron chi connectivity index (χ2n) is 5.47. The SMILES string of the molecule is C[N+]1=C(CCCC(N)=O)C(C)(C)c2ccccc21. The van der Waals surface area contributed by atoms with Crippen LogP contribution in [0.5, 0.6) is 0 Å². The van der Waals surface area contributed by atoms with Crippen LogP contribution in [-0.2, 0) is 10.2 Å². The summed E-state index contributed by atoms with van der Waals surface area (Å²) in [6.07, 6.45) is 2.21. The molecule has 2 rings (SSSR count). The van der Waals surface area contributed by atoms with Gasteiger partial charge in [0.05, 0.1) is 5.41 Å². The van der Waals surface area contributed by atoms with Crippen molar-refractivity contribution in [3.63, 3.8) is 0 Å². The summed E-state index contributed by atoms with van der Waals surface area (Å²) in [6.45, 7) is 4.49. The molecule has 0 spiro atoms. The Morgan fingerprint density at radius 2 is 2.00 bits per heavy atom. The van der Waals surface area contributed by atoms with E-state index in [9.17, 15) is 4.79 Å². The largest absolute Gasteiger partial charge is 0.370 e. The molecule has 0 bridgehead atoms. The highest BCUT2D eigenvalue weighted by Gasteiger charge is 2.43. The van der Waals surface area contributed by atoms with Gasteiger partial charge in [-0.1, -0.05) is 18.2 Å². The van der Waals surface area contributed by atoms with Gasteiger partial charge in [-0.3, -0.25) is 4.79 Å². The Bertz CT molecular complexity index is 515. The molecular formula is C15H21N2O+. The van der Waals surface area contributed by atoms with E-state index in [1.807, 2.05) is 0 Å². The lowest BCUT2D eigenvalue weighted by atomic mass is 9.80. The Balaban J connectivity index is 2.26. The first-order chi connectivity index (χ1) is 8.44. The zero-order valence-corrected chi connectivity index (χ0v) is 11.4. The Kier molecular flexibility index (Phi) is 3.24. The van der Waals surface area contributed by atoms with Gasteiger partial charge >= 0.3 is 0 Å². The molecule has 0 atom stereocenters. The topological polar surface area (TPSA) is 46.1 Å². The Morgan fingerprint density at radius 3 is 2.61 bits per heavy atom. The van der Waals surface area contributed by atoms with Crippen LogP contribution >= 0.6 is 0 Å². The standard InChI is InChI=1S/C15H20N2O/c1-15(2)11-7-4-5-8-12(11)17(3)13(15)9-6-10-14(16)18/h4-5,7-8H,6,9-10H2,1-3H3,(H-,16,18)/p+1. The van der Waals surface area contributed by atoms with Crippen molar-refractivity contribution >= 4 is 17.3 Å². The van der Waals surface area contributed by atoms with Gasteiger partial charge in [0, 0.05) is 24.5 Å². The van der Waals surface area contributed by atoms with E-state index in [0.717, 1.165) is 12.8 Å². The van der Waals surface area contributed by atoms with Gasteiger partial charge in [0.1, 0.15) is 7.05 Å². The molecule has 1 aromatic rings. The van der Waals surface area contributed by atoms with Crippen LogP contribution < -0.4 is 5.73 Å². The lowest BCUT2D eigenvalue weighted by Gasteiger charge is -2.17. The molecule has 96 valence electrons. The third-order valence-electron chi connectivity index (χ3n) is 3.90. The highest BCUT2D eigenvalue weighted by Crippen LogP contribution is 2.39. The first-order valence-electron chi connectivity index (χ1n) is 6.42. The zero-order chi connectivity index (χ0) is 13.3. The van der Waals surface area contributed by atoms with Crippen LogP contribution in [-0.4, -0.2) is 23.2 Å². The maximum atomic E-state index is 10.8. The summed E-state index contributed by atoms with van der Waals surface area (Å²) in [5, 5.41) is 0. The van der Waals surface area contributed by atoms with Crippen LogP contribution in [0.4, 0.5) is 5.69 Å². The van der Waals surface area contributed by atoms with Crippen molar-refractivity contribution in [1.29, 1.82) is 0 Å². The van der Waals surface area contributed by atoms with Crippen molar-refractivity contribution in [2.75, 3.05) is 7.05 Å². The van der Waals surface area contributed by atoms with E-state index in [1.54, 1.807) is 0 Å². The molecule has 1 aromatic carbocycles. The number of nitrogens with zero attached hydrogens (tertiary/aromatic N) is 1. The smallest absolute Gasteiger partial charge is 0.217 e. The number of carbonyl (C=O) groups is 1. The lowest BCUT2D eigenvalue weighted by Crippen LogP contribution is -2.28. The van der Waals surface area contributed by atoms with Crippen molar-refractivity contribution in [3.05, 3.63) is 29.8 Å². The molecule has 3 nitrogen and oxygen atoms in total. The van der Waals surface area contributed by atoms with E-state index in [1.165, 1.54) is 17.0 Å². The van der Waals surface area contributed by atoms with E-state index < -0.39 is 0 Å². The molecule has 0 fully saturated rings. The van der Waals surface area contributed by atoms with Gasteiger partial charge in [-0.25, -0.2) is 4.58 Å². The van der Waals surface area contributed by atoms with E-state index >= 15 is 0 Å². The zero-order valence-electron chi connectivity index (χ0n) is 11.4. The number of carbonyl (C=O) groups excluding carboxylic acids is 1. The van der Waals surface area contributed by atoms with Crippen LogP contribution in [0.1, 0.15) is 38.7 Å². The molecule has 0 saturated heterocycles. The number of amides is 1.